The number of benzene rings is 1. The molecule has 0 amide bonds. The van der Waals surface area contributed by atoms with E-state index in [-0.39, 0.29) is 6.61 Å². The Morgan fingerprint density at radius 3 is 1.89 bits per heavy atom. The molecular formula is C10H5ClF4O3. The second kappa shape index (κ2) is 5.34. The van der Waals surface area contributed by atoms with E-state index in [1.165, 1.54) is 6.92 Å². The third kappa shape index (κ3) is 2.31. The zero-order valence-electron chi connectivity index (χ0n) is 8.82. The van der Waals surface area contributed by atoms with Gasteiger partial charge in [-0.05, 0) is 6.92 Å². The molecule has 0 aliphatic carbocycles. The van der Waals surface area contributed by atoms with Gasteiger partial charge in [0.05, 0.1) is 6.61 Å². The molecule has 98 valence electrons. The van der Waals surface area contributed by atoms with Crippen LogP contribution in [0.15, 0.2) is 0 Å². The number of ketones is 1. The molecule has 0 bridgehead atoms. The van der Waals surface area contributed by atoms with Gasteiger partial charge in [0.25, 0.3) is 5.78 Å². The van der Waals surface area contributed by atoms with Crippen LogP contribution >= 0.6 is 11.6 Å². The summed E-state index contributed by atoms with van der Waals surface area (Å²) >= 11 is 4.95. The fourth-order valence-electron chi connectivity index (χ4n) is 1.10. The summed E-state index contributed by atoms with van der Waals surface area (Å²) < 4.78 is 56.7. The molecule has 0 fully saturated rings. The van der Waals surface area contributed by atoms with Gasteiger partial charge in [0.15, 0.2) is 23.3 Å². The first-order valence-corrected chi connectivity index (χ1v) is 4.93. The molecule has 0 N–H and O–H groups in total. The van der Waals surface area contributed by atoms with Gasteiger partial charge in [-0.3, -0.25) is 4.79 Å². The SMILES string of the molecule is CCOC(=O)C(=O)c1c(F)c(F)c(Cl)c(F)c1F. The summed E-state index contributed by atoms with van der Waals surface area (Å²) in [5.74, 6) is -11.5. The summed E-state index contributed by atoms with van der Waals surface area (Å²) in [7, 11) is 0. The van der Waals surface area contributed by atoms with E-state index in [9.17, 15) is 27.2 Å². The minimum atomic E-state index is -2.04. The van der Waals surface area contributed by atoms with Crippen LogP contribution < -0.4 is 0 Å². The molecule has 0 spiro atoms. The fourth-order valence-corrected chi connectivity index (χ4v) is 1.27. The van der Waals surface area contributed by atoms with Crippen LogP contribution in [0.4, 0.5) is 17.6 Å². The van der Waals surface area contributed by atoms with Crippen LogP contribution in [-0.4, -0.2) is 18.4 Å². The zero-order valence-corrected chi connectivity index (χ0v) is 9.58. The molecule has 0 saturated carbocycles. The Labute approximate surface area is 103 Å². The lowest BCUT2D eigenvalue weighted by Gasteiger charge is -2.07. The predicted molar refractivity (Wildman–Crippen MR) is 52.2 cm³/mol. The highest BCUT2D eigenvalue weighted by atomic mass is 35.5. The highest BCUT2D eigenvalue weighted by molar-refractivity contribution is 6.41. The molecule has 1 rings (SSSR count). The molecule has 1 aromatic rings. The Bertz CT molecular complexity index is 501. The van der Waals surface area contributed by atoms with E-state index >= 15 is 0 Å². The van der Waals surface area contributed by atoms with Crippen LogP contribution in [0.25, 0.3) is 0 Å². The van der Waals surface area contributed by atoms with Crippen LogP contribution in [0.1, 0.15) is 17.3 Å². The lowest BCUT2D eigenvalue weighted by Crippen LogP contribution is -2.22. The van der Waals surface area contributed by atoms with Gasteiger partial charge in [0, 0.05) is 0 Å². The summed E-state index contributed by atoms with van der Waals surface area (Å²) in [4.78, 5) is 22.2. The lowest BCUT2D eigenvalue weighted by molar-refractivity contribution is -0.137. The molecule has 0 heterocycles. The lowest BCUT2D eigenvalue weighted by atomic mass is 10.1. The highest BCUT2D eigenvalue weighted by Crippen LogP contribution is 2.28. The molecule has 0 saturated heterocycles. The van der Waals surface area contributed by atoms with E-state index in [0.29, 0.717) is 0 Å². The largest absolute Gasteiger partial charge is 0.460 e. The minimum Gasteiger partial charge on any atom is -0.460 e. The maximum atomic E-state index is 13.3. The molecule has 0 aliphatic rings. The van der Waals surface area contributed by atoms with Gasteiger partial charge < -0.3 is 4.74 Å². The summed E-state index contributed by atoms with van der Waals surface area (Å²) in [5.41, 5.74) is -1.67. The molecule has 18 heavy (non-hydrogen) atoms. The fraction of sp³-hybridized carbons (Fsp3) is 0.200. The van der Waals surface area contributed by atoms with Crippen molar-refractivity contribution in [2.24, 2.45) is 0 Å². The van der Waals surface area contributed by atoms with Crippen LogP contribution in [0.2, 0.25) is 5.02 Å². The van der Waals surface area contributed by atoms with Crippen LogP contribution in [0.5, 0.6) is 0 Å². The Balaban J connectivity index is 3.42. The van der Waals surface area contributed by atoms with Crippen molar-refractivity contribution < 1.29 is 31.9 Å². The van der Waals surface area contributed by atoms with E-state index < -0.39 is 45.6 Å². The predicted octanol–water partition coefficient (Wildman–Crippen LogP) is 2.64. The van der Waals surface area contributed by atoms with Gasteiger partial charge in [-0.25, -0.2) is 22.4 Å². The first kappa shape index (κ1) is 14.4. The van der Waals surface area contributed by atoms with Crippen molar-refractivity contribution >= 4 is 23.4 Å². The summed E-state index contributed by atoms with van der Waals surface area (Å²) in [6.07, 6.45) is 0. The number of halogens is 5. The number of esters is 1. The normalized spacial score (nSPS) is 10.3. The monoisotopic (exact) mass is 284 g/mol. The third-order valence-corrected chi connectivity index (χ3v) is 2.23. The van der Waals surface area contributed by atoms with Crippen LogP contribution in [-0.2, 0) is 9.53 Å². The smallest absolute Gasteiger partial charge is 0.379 e. The van der Waals surface area contributed by atoms with Crippen molar-refractivity contribution in [1.29, 1.82) is 0 Å². The van der Waals surface area contributed by atoms with Gasteiger partial charge in [-0.2, -0.15) is 0 Å². The van der Waals surface area contributed by atoms with Gasteiger partial charge in [-0.15, -0.1) is 0 Å². The van der Waals surface area contributed by atoms with Crippen molar-refractivity contribution in [3.05, 3.63) is 33.9 Å². The topological polar surface area (TPSA) is 43.4 Å². The Hall–Kier alpha value is -1.63. The number of carbonyl (C=O) groups is 2. The Morgan fingerprint density at radius 2 is 1.50 bits per heavy atom. The molecule has 0 aromatic heterocycles. The van der Waals surface area contributed by atoms with Crippen molar-refractivity contribution in [3.8, 4) is 0 Å². The maximum Gasteiger partial charge on any atom is 0.379 e. The average Bonchev–Trinajstić information content (AvgIpc) is 2.34. The number of hydrogen-bond acceptors (Lipinski definition) is 3. The van der Waals surface area contributed by atoms with E-state index in [4.69, 9.17) is 11.6 Å². The van der Waals surface area contributed by atoms with Crippen LogP contribution in [0.3, 0.4) is 0 Å². The summed E-state index contributed by atoms with van der Waals surface area (Å²) in [6.45, 7) is 1.09. The third-order valence-electron chi connectivity index (χ3n) is 1.90. The summed E-state index contributed by atoms with van der Waals surface area (Å²) in [6, 6.07) is 0. The van der Waals surface area contributed by atoms with Crippen LogP contribution in [0, 0.1) is 23.3 Å². The molecule has 0 atom stereocenters. The molecular weight excluding hydrogens is 280 g/mol. The van der Waals surface area contributed by atoms with E-state index in [1.807, 2.05) is 0 Å². The molecule has 1 aromatic carbocycles. The number of ether oxygens (including phenoxy) is 1. The van der Waals surface area contributed by atoms with E-state index in [1.54, 1.807) is 0 Å². The van der Waals surface area contributed by atoms with E-state index in [2.05, 4.69) is 4.74 Å². The number of carbonyl (C=O) groups excluding carboxylic acids is 2. The molecule has 0 aliphatic heterocycles. The number of Topliss-reactive ketones (excluding diaryl/α,β-unsaturated/α-hetero) is 1. The Morgan fingerprint density at radius 1 is 1.06 bits per heavy atom. The molecule has 0 radical (unpaired) electrons. The average molecular weight is 285 g/mol. The standard InChI is InChI=1S/C10H5ClF4O3/c1-2-18-10(17)9(16)3-5(12)7(14)4(11)8(15)6(3)13/h2H2,1H3. The van der Waals surface area contributed by atoms with Gasteiger partial charge in [0.2, 0.25) is 0 Å². The van der Waals surface area contributed by atoms with Crippen molar-refractivity contribution in [3.63, 3.8) is 0 Å². The van der Waals surface area contributed by atoms with Gasteiger partial charge in [-0.1, -0.05) is 11.6 Å². The zero-order chi connectivity index (χ0) is 14.0. The van der Waals surface area contributed by atoms with Crippen molar-refractivity contribution in [1.82, 2.24) is 0 Å². The molecule has 3 nitrogen and oxygen atoms in total. The first-order chi connectivity index (χ1) is 8.32. The number of hydrogen-bond donors (Lipinski definition) is 0. The highest BCUT2D eigenvalue weighted by Gasteiger charge is 2.32. The van der Waals surface area contributed by atoms with Gasteiger partial charge in [0.1, 0.15) is 10.6 Å². The first-order valence-electron chi connectivity index (χ1n) is 4.55. The van der Waals surface area contributed by atoms with Gasteiger partial charge >= 0.3 is 5.97 Å². The summed E-state index contributed by atoms with van der Waals surface area (Å²) in [5, 5.41) is -1.44. The molecule has 8 heteroatoms. The van der Waals surface area contributed by atoms with Crippen molar-refractivity contribution in [2.45, 2.75) is 6.92 Å². The van der Waals surface area contributed by atoms with E-state index in [0.717, 1.165) is 0 Å². The number of rotatable bonds is 3. The second-order valence-electron chi connectivity index (χ2n) is 2.99. The second-order valence-corrected chi connectivity index (χ2v) is 3.37. The maximum absolute atomic E-state index is 13.3. The Kier molecular flexibility index (Phi) is 4.28. The quantitative estimate of drug-likeness (QED) is 0.214. The van der Waals surface area contributed by atoms with Crippen molar-refractivity contribution in [2.75, 3.05) is 6.61 Å². The molecule has 0 unspecified atom stereocenters. The minimum absolute atomic E-state index is 0.244.